The van der Waals surface area contributed by atoms with E-state index >= 15 is 0 Å². The van der Waals surface area contributed by atoms with E-state index in [1.165, 1.54) is 31.4 Å². The molecule has 2 fully saturated rings. The Morgan fingerprint density at radius 3 is 3.00 bits per heavy atom. The molecule has 1 aliphatic heterocycles. The standard InChI is InChI=1S/C8H14OS/c1-2-4-8-7(3-1)9-5-6-10-8/h7-8H,1-6H2/t7-,8-/m0/s1. The van der Waals surface area contributed by atoms with E-state index in [1.807, 2.05) is 0 Å². The van der Waals surface area contributed by atoms with Gasteiger partial charge in [-0.05, 0) is 12.8 Å². The van der Waals surface area contributed by atoms with E-state index in [9.17, 15) is 0 Å². The van der Waals surface area contributed by atoms with Crippen molar-refractivity contribution in [3.8, 4) is 0 Å². The van der Waals surface area contributed by atoms with Gasteiger partial charge >= 0.3 is 0 Å². The van der Waals surface area contributed by atoms with E-state index in [4.69, 9.17) is 4.74 Å². The highest BCUT2D eigenvalue weighted by Crippen LogP contribution is 2.33. The predicted octanol–water partition coefficient (Wildman–Crippen LogP) is 2.06. The number of hydrogen-bond donors (Lipinski definition) is 0. The van der Waals surface area contributed by atoms with Gasteiger partial charge in [0.1, 0.15) is 0 Å². The van der Waals surface area contributed by atoms with Crippen molar-refractivity contribution in [2.24, 2.45) is 0 Å². The number of fused-ring (bicyclic) bond motifs is 1. The maximum absolute atomic E-state index is 5.66. The summed E-state index contributed by atoms with van der Waals surface area (Å²) in [5.74, 6) is 1.22. The fourth-order valence-electron chi connectivity index (χ4n) is 1.84. The second-order valence-electron chi connectivity index (χ2n) is 3.10. The number of rotatable bonds is 0. The molecule has 2 rings (SSSR count). The number of thioether (sulfide) groups is 1. The molecule has 1 saturated heterocycles. The average Bonchev–Trinajstić information content (AvgIpc) is 2.05. The van der Waals surface area contributed by atoms with Crippen molar-refractivity contribution in [3.63, 3.8) is 0 Å². The molecule has 0 spiro atoms. The Kier molecular flexibility index (Phi) is 2.19. The van der Waals surface area contributed by atoms with Crippen LogP contribution in [0.4, 0.5) is 0 Å². The maximum Gasteiger partial charge on any atom is 0.0694 e. The third kappa shape index (κ3) is 1.32. The van der Waals surface area contributed by atoms with Crippen LogP contribution in [0.3, 0.4) is 0 Å². The summed E-state index contributed by atoms with van der Waals surface area (Å²) in [6, 6.07) is 0. The van der Waals surface area contributed by atoms with Gasteiger partial charge in [0.15, 0.2) is 0 Å². The zero-order valence-corrected chi connectivity index (χ0v) is 7.03. The van der Waals surface area contributed by atoms with Crippen molar-refractivity contribution in [1.82, 2.24) is 0 Å². The van der Waals surface area contributed by atoms with E-state index in [0.29, 0.717) is 6.10 Å². The van der Waals surface area contributed by atoms with Crippen LogP contribution in [-0.4, -0.2) is 23.7 Å². The average molecular weight is 158 g/mol. The van der Waals surface area contributed by atoms with E-state index in [2.05, 4.69) is 11.8 Å². The molecular formula is C8H14OS. The summed E-state index contributed by atoms with van der Waals surface area (Å²) in [5, 5.41) is 0.850. The second kappa shape index (κ2) is 3.14. The molecule has 1 heterocycles. The summed E-state index contributed by atoms with van der Waals surface area (Å²) in [4.78, 5) is 0. The van der Waals surface area contributed by atoms with Gasteiger partial charge in [-0.15, -0.1) is 0 Å². The van der Waals surface area contributed by atoms with Gasteiger partial charge in [0.2, 0.25) is 0 Å². The fourth-order valence-corrected chi connectivity index (χ4v) is 3.10. The first kappa shape index (κ1) is 6.99. The summed E-state index contributed by atoms with van der Waals surface area (Å²) >= 11 is 2.12. The Morgan fingerprint density at radius 1 is 1.20 bits per heavy atom. The van der Waals surface area contributed by atoms with Gasteiger partial charge in [-0.25, -0.2) is 0 Å². The molecule has 1 aliphatic carbocycles. The molecule has 10 heavy (non-hydrogen) atoms. The minimum absolute atomic E-state index is 0.618. The lowest BCUT2D eigenvalue weighted by Crippen LogP contribution is -2.34. The normalized spacial score (nSPS) is 40.8. The van der Waals surface area contributed by atoms with Gasteiger partial charge in [0, 0.05) is 11.0 Å². The smallest absolute Gasteiger partial charge is 0.0694 e. The van der Waals surface area contributed by atoms with Gasteiger partial charge in [-0.2, -0.15) is 11.8 Å². The zero-order chi connectivity index (χ0) is 6.81. The molecule has 0 amide bonds. The van der Waals surface area contributed by atoms with Crippen molar-refractivity contribution in [2.45, 2.75) is 37.0 Å². The Balaban J connectivity index is 1.93. The van der Waals surface area contributed by atoms with Crippen LogP contribution in [0.15, 0.2) is 0 Å². The van der Waals surface area contributed by atoms with Crippen molar-refractivity contribution in [2.75, 3.05) is 12.4 Å². The van der Waals surface area contributed by atoms with Gasteiger partial charge in [0.25, 0.3) is 0 Å². The molecule has 0 bridgehead atoms. The first-order chi connectivity index (χ1) is 4.97. The van der Waals surface area contributed by atoms with Crippen LogP contribution in [-0.2, 0) is 4.74 Å². The second-order valence-corrected chi connectivity index (χ2v) is 4.45. The molecule has 2 atom stereocenters. The Morgan fingerprint density at radius 2 is 2.10 bits per heavy atom. The van der Waals surface area contributed by atoms with E-state index in [-0.39, 0.29) is 0 Å². The zero-order valence-electron chi connectivity index (χ0n) is 6.21. The predicted molar refractivity (Wildman–Crippen MR) is 44.5 cm³/mol. The molecule has 58 valence electrons. The minimum Gasteiger partial charge on any atom is -0.376 e. The first-order valence-electron chi connectivity index (χ1n) is 4.20. The highest BCUT2D eigenvalue weighted by atomic mass is 32.2. The van der Waals surface area contributed by atoms with Gasteiger partial charge in [-0.1, -0.05) is 12.8 Å². The quantitative estimate of drug-likeness (QED) is 0.533. The fraction of sp³-hybridized carbons (Fsp3) is 1.00. The summed E-state index contributed by atoms with van der Waals surface area (Å²) in [5.41, 5.74) is 0. The summed E-state index contributed by atoms with van der Waals surface area (Å²) < 4.78 is 5.66. The number of hydrogen-bond acceptors (Lipinski definition) is 2. The lowest BCUT2D eigenvalue weighted by atomic mass is 9.97. The minimum atomic E-state index is 0.618. The number of ether oxygens (including phenoxy) is 1. The molecule has 2 heteroatoms. The first-order valence-corrected chi connectivity index (χ1v) is 5.25. The summed E-state index contributed by atoms with van der Waals surface area (Å²) in [6.45, 7) is 0.992. The van der Waals surface area contributed by atoms with E-state index in [1.54, 1.807) is 0 Å². The third-order valence-corrected chi connectivity index (χ3v) is 3.76. The molecule has 0 unspecified atom stereocenters. The SMILES string of the molecule is C1CC[C@@H]2SCCO[C@H]2C1. The van der Waals surface area contributed by atoms with Gasteiger partial charge < -0.3 is 4.74 Å². The van der Waals surface area contributed by atoms with Gasteiger partial charge in [-0.3, -0.25) is 0 Å². The van der Waals surface area contributed by atoms with E-state index < -0.39 is 0 Å². The van der Waals surface area contributed by atoms with Crippen molar-refractivity contribution < 1.29 is 4.74 Å². The van der Waals surface area contributed by atoms with Crippen LogP contribution in [0.1, 0.15) is 25.7 Å². The van der Waals surface area contributed by atoms with Crippen molar-refractivity contribution in [1.29, 1.82) is 0 Å². The Labute approximate surface area is 66.5 Å². The molecule has 0 aromatic carbocycles. The van der Waals surface area contributed by atoms with Crippen LogP contribution in [0.2, 0.25) is 0 Å². The van der Waals surface area contributed by atoms with Gasteiger partial charge in [0.05, 0.1) is 12.7 Å². The molecule has 0 aromatic rings. The highest BCUT2D eigenvalue weighted by Gasteiger charge is 2.28. The van der Waals surface area contributed by atoms with Crippen LogP contribution < -0.4 is 0 Å². The molecule has 1 nitrogen and oxygen atoms in total. The molecule has 2 aliphatic rings. The third-order valence-electron chi connectivity index (χ3n) is 2.39. The van der Waals surface area contributed by atoms with Crippen LogP contribution in [0.5, 0.6) is 0 Å². The summed E-state index contributed by atoms with van der Waals surface area (Å²) in [7, 11) is 0. The molecule has 1 saturated carbocycles. The van der Waals surface area contributed by atoms with E-state index in [0.717, 1.165) is 11.9 Å². The van der Waals surface area contributed by atoms with Crippen LogP contribution in [0, 0.1) is 0 Å². The summed E-state index contributed by atoms with van der Waals surface area (Å²) in [6.07, 6.45) is 6.15. The Hall–Kier alpha value is 0.310. The highest BCUT2D eigenvalue weighted by molar-refractivity contribution is 8.00. The Bertz CT molecular complexity index is 89.8. The molecule has 0 radical (unpaired) electrons. The molecule has 0 aromatic heterocycles. The van der Waals surface area contributed by atoms with Crippen molar-refractivity contribution >= 4 is 11.8 Å². The van der Waals surface area contributed by atoms with Crippen LogP contribution >= 0.6 is 11.8 Å². The molecular weight excluding hydrogens is 144 g/mol. The van der Waals surface area contributed by atoms with Crippen molar-refractivity contribution in [3.05, 3.63) is 0 Å². The molecule has 0 N–H and O–H groups in total. The topological polar surface area (TPSA) is 9.23 Å². The lowest BCUT2D eigenvalue weighted by molar-refractivity contribution is 0.0360. The largest absolute Gasteiger partial charge is 0.376 e. The van der Waals surface area contributed by atoms with Crippen LogP contribution in [0.25, 0.3) is 0 Å². The lowest BCUT2D eigenvalue weighted by Gasteiger charge is -2.34. The monoisotopic (exact) mass is 158 g/mol. The maximum atomic E-state index is 5.66.